The summed E-state index contributed by atoms with van der Waals surface area (Å²) in [7, 11) is 0. The molecule has 0 radical (unpaired) electrons. The largest absolute Gasteiger partial charge is 0.387 e. The van der Waals surface area contributed by atoms with Crippen LogP contribution in [0.1, 0.15) is 16.5 Å². The van der Waals surface area contributed by atoms with Crippen LogP contribution in [0.3, 0.4) is 0 Å². The monoisotopic (exact) mass is 438 g/mol. The smallest absolute Gasteiger partial charge is 0.0922 e. The Bertz CT molecular complexity index is 487. The second kappa shape index (κ2) is 5.97. The number of benzene rings is 1. The van der Waals surface area contributed by atoms with E-state index in [-0.39, 0.29) is 0 Å². The molecule has 0 bridgehead atoms. The predicted molar refractivity (Wildman–Crippen MR) is 82.5 cm³/mol. The predicted octanol–water partition coefficient (Wildman–Crippen LogP) is 5.31. The van der Waals surface area contributed by atoms with Crippen molar-refractivity contribution in [3.8, 4) is 0 Å². The van der Waals surface area contributed by atoms with Crippen LogP contribution in [0.25, 0.3) is 0 Å². The average molecular weight is 441 g/mol. The third-order valence-electron chi connectivity index (χ3n) is 2.33. The van der Waals surface area contributed by atoms with E-state index in [4.69, 9.17) is 0 Å². The van der Waals surface area contributed by atoms with Crippen molar-refractivity contribution in [2.45, 2.75) is 12.5 Å². The number of hydrogen-bond donors (Lipinski definition) is 1. The maximum absolute atomic E-state index is 10.1. The summed E-state index contributed by atoms with van der Waals surface area (Å²) in [5.41, 5.74) is 1.13. The molecule has 0 aliphatic rings. The standard InChI is InChI=1S/C12H9Br3OS/c13-8-3-1-7(2-4-8)5-10(16)11-6-9(14)12(15)17-11/h1-4,6,10,16H,5H2. The van der Waals surface area contributed by atoms with Crippen LogP contribution in [0, 0.1) is 0 Å². The van der Waals surface area contributed by atoms with Crippen molar-refractivity contribution in [3.63, 3.8) is 0 Å². The first kappa shape index (κ1) is 13.7. The summed E-state index contributed by atoms with van der Waals surface area (Å²) in [5.74, 6) is 0. The molecular formula is C12H9Br3OS. The zero-order chi connectivity index (χ0) is 12.4. The minimum atomic E-state index is -0.455. The van der Waals surface area contributed by atoms with Crippen LogP contribution in [0.4, 0.5) is 0 Å². The Hall–Kier alpha value is 0.320. The fraction of sp³-hybridized carbons (Fsp3) is 0.167. The van der Waals surface area contributed by atoms with Gasteiger partial charge in [0.15, 0.2) is 0 Å². The molecule has 0 amide bonds. The van der Waals surface area contributed by atoms with E-state index < -0.39 is 6.10 Å². The molecule has 0 fully saturated rings. The van der Waals surface area contributed by atoms with Gasteiger partial charge in [0.2, 0.25) is 0 Å². The maximum atomic E-state index is 10.1. The zero-order valence-electron chi connectivity index (χ0n) is 8.66. The van der Waals surface area contributed by atoms with Gasteiger partial charge in [0.05, 0.1) is 9.89 Å². The third kappa shape index (κ3) is 3.64. The fourth-order valence-corrected chi connectivity index (χ4v) is 3.81. The van der Waals surface area contributed by atoms with Crippen LogP contribution in [0.2, 0.25) is 0 Å². The highest BCUT2D eigenvalue weighted by Crippen LogP contribution is 2.36. The first-order chi connectivity index (χ1) is 8.06. The zero-order valence-corrected chi connectivity index (χ0v) is 14.2. The van der Waals surface area contributed by atoms with Gasteiger partial charge >= 0.3 is 0 Å². The van der Waals surface area contributed by atoms with Gasteiger partial charge in [0, 0.05) is 20.2 Å². The SMILES string of the molecule is OC(Cc1ccc(Br)cc1)c1cc(Br)c(Br)s1. The first-order valence-corrected chi connectivity index (χ1v) is 8.13. The van der Waals surface area contributed by atoms with Crippen molar-refractivity contribution in [2.24, 2.45) is 0 Å². The molecular weight excluding hydrogens is 432 g/mol. The summed E-state index contributed by atoms with van der Waals surface area (Å²) in [4.78, 5) is 0.965. The third-order valence-corrected chi connectivity index (χ3v) is 6.22. The molecule has 17 heavy (non-hydrogen) atoms. The maximum Gasteiger partial charge on any atom is 0.0922 e. The Morgan fingerprint density at radius 3 is 2.29 bits per heavy atom. The summed E-state index contributed by atoms with van der Waals surface area (Å²) in [6.45, 7) is 0. The lowest BCUT2D eigenvalue weighted by Crippen LogP contribution is -1.99. The van der Waals surface area contributed by atoms with Crippen LogP contribution >= 0.6 is 59.1 Å². The van der Waals surface area contributed by atoms with E-state index in [9.17, 15) is 5.11 Å². The molecule has 1 aromatic heterocycles. The molecule has 1 heterocycles. The lowest BCUT2D eigenvalue weighted by molar-refractivity contribution is 0.182. The number of rotatable bonds is 3. The van der Waals surface area contributed by atoms with Gasteiger partial charge in [0.1, 0.15) is 0 Å². The van der Waals surface area contributed by atoms with Crippen LogP contribution in [-0.2, 0) is 6.42 Å². The molecule has 0 aliphatic carbocycles. The second-order valence-corrected chi connectivity index (χ2v) is 7.79. The van der Waals surface area contributed by atoms with Crippen molar-refractivity contribution < 1.29 is 5.11 Å². The second-order valence-electron chi connectivity index (χ2n) is 3.62. The van der Waals surface area contributed by atoms with Crippen molar-refractivity contribution in [2.75, 3.05) is 0 Å². The number of thiophene rings is 1. The van der Waals surface area contributed by atoms with Gasteiger partial charge in [-0.3, -0.25) is 0 Å². The molecule has 1 N–H and O–H groups in total. The number of hydrogen-bond acceptors (Lipinski definition) is 2. The van der Waals surface area contributed by atoms with Gasteiger partial charge < -0.3 is 5.11 Å². The molecule has 2 rings (SSSR count). The van der Waals surface area contributed by atoms with Crippen molar-refractivity contribution >= 4 is 59.1 Å². The van der Waals surface area contributed by atoms with Gasteiger partial charge in [-0.1, -0.05) is 28.1 Å². The van der Waals surface area contributed by atoms with E-state index in [0.717, 1.165) is 23.2 Å². The highest BCUT2D eigenvalue weighted by Gasteiger charge is 2.13. The van der Waals surface area contributed by atoms with E-state index in [1.807, 2.05) is 30.3 Å². The number of aliphatic hydroxyl groups is 1. The van der Waals surface area contributed by atoms with Crippen molar-refractivity contribution in [1.82, 2.24) is 0 Å². The molecule has 2 aromatic rings. The molecule has 1 nitrogen and oxygen atoms in total. The Morgan fingerprint density at radius 1 is 1.12 bits per heavy atom. The molecule has 0 spiro atoms. The summed E-state index contributed by atoms with van der Waals surface area (Å²) >= 11 is 11.8. The summed E-state index contributed by atoms with van der Waals surface area (Å²) in [6.07, 6.45) is 0.177. The van der Waals surface area contributed by atoms with Crippen LogP contribution < -0.4 is 0 Å². The molecule has 0 saturated heterocycles. The van der Waals surface area contributed by atoms with Crippen LogP contribution in [0.5, 0.6) is 0 Å². The molecule has 5 heteroatoms. The van der Waals surface area contributed by atoms with Gasteiger partial charge in [-0.15, -0.1) is 11.3 Å². The number of halogens is 3. The molecule has 90 valence electrons. The molecule has 0 saturated carbocycles. The van der Waals surface area contributed by atoms with Crippen molar-refractivity contribution in [1.29, 1.82) is 0 Å². The summed E-state index contributed by atoms with van der Waals surface area (Å²) < 4.78 is 3.06. The van der Waals surface area contributed by atoms with Gasteiger partial charge in [-0.2, -0.15) is 0 Å². The topological polar surface area (TPSA) is 20.2 Å². The Morgan fingerprint density at radius 2 is 1.76 bits per heavy atom. The fourth-order valence-electron chi connectivity index (χ4n) is 1.47. The Labute approximate surface area is 129 Å². The molecule has 1 aromatic carbocycles. The normalized spacial score (nSPS) is 12.7. The van der Waals surface area contributed by atoms with E-state index >= 15 is 0 Å². The summed E-state index contributed by atoms with van der Waals surface area (Å²) in [6, 6.07) is 9.97. The minimum Gasteiger partial charge on any atom is -0.387 e. The number of aliphatic hydroxyl groups excluding tert-OH is 1. The van der Waals surface area contributed by atoms with E-state index in [1.165, 1.54) is 0 Å². The Balaban J connectivity index is 2.11. The van der Waals surface area contributed by atoms with Crippen LogP contribution in [0.15, 0.2) is 43.1 Å². The average Bonchev–Trinajstić information content (AvgIpc) is 2.63. The van der Waals surface area contributed by atoms with Gasteiger partial charge in [0.25, 0.3) is 0 Å². The van der Waals surface area contributed by atoms with E-state index in [0.29, 0.717) is 6.42 Å². The highest BCUT2D eigenvalue weighted by molar-refractivity contribution is 9.13. The highest BCUT2D eigenvalue weighted by atomic mass is 79.9. The van der Waals surface area contributed by atoms with Gasteiger partial charge in [-0.25, -0.2) is 0 Å². The summed E-state index contributed by atoms with van der Waals surface area (Å²) in [5, 5.41) is 10.1. The van der Waals surface area contributed by atoms with Gasteiger partial charge in [-0.05, 0) is 55.6 Å². The Kier molecular flexibility index (Phi) is 4.83. The lowest BCUT2D eigenvalue weighted by atomic mass is 10.1. The van der Waals surface area contributed by atoms with E-state index in [1.54, 1.807) is 11.3 Å². The molecule has 1 atom stereocenters. The lowest BCUT2D eigenvalue weighted by Gasteiger charge is -2.08. The molecule has 1 unspecified atom stereocenters. The van der Waals surface area contributed by atoms with Crippen molar-refractivity contribution in [3.05, 3.63) is 53.5 Å². The van der Waals surface area contributed by atoms with E-state index in [2.05, 4.69) is 47.8 Å². The quantitative estimate of drug-likeness (QED) is 0.685. The first-order valence-electron chi connectivity index (χ1n) is 4.93. The van der Waals surface area contributed by atoms with Crippen LogP contribution in [-0.4, -0.2) is 5.11 Å². The minimum absolute atomic E-state index is 0.455. The molecule has 0 aliphatic heterocycles.